The highest BCUT2D eigenvalue weighted by atomic mass is 32.1. The smallest absolute Gasteiger partial charge is 0.349 e. The number of anilines is 4. The number of carbonyl (C=O) groups excluding carboxylic acids is 1. The van der Waals surface area contributed by atoms with E-state index in [2.05, 4.69) is 20.6 Å². The van der Waals surface area contributed by atoms with E-state index in [4.69, 9.17) is 4.74 Å². The average Bonchev–Trinajstić information content (AvgIpc) is 3.22. The van der Waals surface area contributed by atoms with E-state index in [9.17, 15) is 4.79 Å². The summed E-state index contributed by atoms with van der Waals surface area (Å²) in [4.78, 5) is 22.9. The van der Waals surface area contributed by atoms with E-state index in [1.54, 1.807) is 0 Å². The van der Waals surface area contributed by atoms with Gasteiger partial charge in [-0.05, 0) is 54.4 Å². The van der Waals surface area contributed by atoms with Gasteiger partial charge in [0.25, 0.3) is 0 Å². The minimum absolute atomic E-state index is 0.230. The molecular weight excluding hydrogens is 444 g/mol. The summed E-state index contributed by atoms with van der Waals surface area (Å²) in [7, 11) is 0. The molecule has 0 radical (unpaired) electrons. The summed E-state index contributed by atoms with van der Waals surface area (Å²) < 4.78 is 5.54. The Morgan fingerprint density at radius 2 is 1.44 bits per heavy atom. The molecule has 0 fully saturated rings. The molecule has 2 heterocycles. The van der Waals surface area contributed by atoms with Crippen LogP contribution in [0.15, 0.2) is 91.3 Å². The molecule has 0 saturated carbocycles. The predicted octanol–water partition coefficient (Wildman–Crippen LogP) is 6.84. The van der Waals surface area contributed by atoms with E-state index >= 15 is 0 Å². The number of aryl methyl sites for hydroxylation is 1. The number of carbonyl (C=O) groups is 1. The second-order valence-electron chi connectivity index (χ2n) is 7.71. The molecule has 0 unspecified atom stereocenters. The molecule has 7 heteroatoms. The molecule has 5 rings (SSSR count). The lowest BCUT2D eigenvalue weighted by Gasteiger charge is -2.10. The third-order valence-electron chi connectivity index (χ3n) is 5.34. The van der Waals surface area contributed by atoms with E-state index in [0.29, 0.717) is 10.7 Å². The van der Waals surface area contributed by atoms with Crippen LogP contribution in [0.2, 0.25) is 0 Å². The molecule has 34 heavy (non-hydrogen) atoms. The molecule has 3 aromatic carbocycles. The van der Waals surface area contributed by atoms with Gasteiger partial charge in [0.2, 0.25) is 0 Å². The fourth-order valence-electron chi connectivity index (χ4n) is 3.61. The molecule has 5 aromatic rings. The summed E-state index contributed by atoms with van der Waals surface area (Å²) in [6.45, 7) is 2.13. The van der Waals surface area contributed by atoms with Crippen molar-refractivity contribution in [2.75, 3.05) is 10.6 Å². The molecule has 0 bridgehead atoms. The van der Waals surface area contributed by atoms with E-state index in [-0.39, 0.29) is 12.6 Å². The molecule has 2 N–H and O–H groups in total. The molecular formula is C27H22N4O2S. The number of para-hydroxylation sites is 1. The van der Waals surface area contributed by atoms with Gasteiger partial charge in [-0.1, -0.05) is 48.5 Å². The first-order valence-electron chi connectivity index (χ1n) is 10.8. The topological polar surface area (TPSA) is 76.1 Å². The van der Waals surface area contributed by atoms with Crippen LogP contribution >= 0.6 is 11.3 Å². The van der Waals surface area contributed by atoms with Gasteiger partial charge >= 0.3 is 5.97 Å². The first kappa shape index (κ1) is 21.6. The van der Waals surface area contributed by atoms with Crippen molar-refractivity contribution < 1.29 is 9.53 Å². The van der Waals surface area contributed by atoms with Crippen LogP contribution < -0.4 is 10.6 Å². The molecule has 2 aromatic heterocycles. The van der Waals surface area contributed by atoms with Crippen LogP contribution in [0.1, 0.15) is 20.8 Å². The number of hydrogen-bond donors (Lipinski definition) is 2. The zero-order valence-corrected chi connectivity index (χ0v) is 19.3. The van der Waals surface area contributed by atoms with Crippen LogP contribution in [-0.4, -0.2) is 15.9 Å². The molecule has 0 spiro atoms. The zero-order valence-electron chi connectivity index (χ0n) is 18.5. The second-order valence-corrected chi connectivity index (χ2v) is 8.71. The van der Waals surface area contributed by atoms with Crippen molar-refractivity contribution in [3.05, 3.63) is 107 Å². The van der Waals surface area contributed by atoms with Gasteiger partial charge in [-0.3, -0.25) is 0 Å². The second kappa shape index (κ2) is 9.72. The van der Waals surface area contributed by atoms with E-state index in [1.807, 2.05) is 91.9 Å². The maximum Gasteiger partial charge on any atom is 0.349 e. The van der Waals surface area contributed by atoms with Crippen molar-refractivity contribution in [3.63, 3.8) is 0 Å². The van der Waals surface area contributed by atoms with Gasteiger partial charge in [0.1, 0.15) is 28.5 Å². The number of nitrogens with zero attached hydrogens (tertiary/aromatic N) is 2. The Morgan fingerprint density at radius 3 is 2.15 bits per heavy atom. The van der Waals surface area contributed by atoms with E-state index in [1.165, 1.54) is 17.7 Å². The minimum atomic E-state index is -0.355. The summed E-state index contributed by atoms with van der Waals surface area (Å²) in [6, 6.07) is 27.6. The normalized spacial score (nSPS) is 10.7. The molecule has 0 aliphatic carbocycles. The van der Waals surface area contributed by atoms with Crippen molar-refractivity contribution in [1.29, 1.82) is 0 Å². The highest BCUT2D eigenvalue weighted by Crippen LogP contribution is 2.35. The first-order chi connectivity index (χ1) is 16.7. The zero-order chi connectivity index (χ0) is 23.3. The SMILES string of the molecule is Cc1c(C(=O)OCc2ccccc2)sc2ncnc(Nc3ccc(Nc4ccccc4)cc3)c12. The Hall–Kier alpha value is -4.23. The van der Waals surface area contributed by atoms with Crippen molar-refractivity contribution >= 4 is 50.4 Å². The summed E-state index contributed by atoms with van der Waals surface area (Å²) in [5.41, 5.74) is 4.66. The number of thiophene rings is 1. The highest BCUT2D eigenvalue weighted by Gasteiger charge is 2.20. The predicted molar refractivity (Wildman–Crippen MR) is 137 cm³/mol. The quantitative estimate of drug-likeness (QED) is 0.256. The number of nitrogens with one attached hydrogen (secondary N) is 2. The minimum Gasteiger partial charge on any atom is -0.457 e. The number of hydrogen-bond acceptors (Lipinski definition) is 7. The van der Waals surface area contributed by atoms with Crippen LogP contribution in [0.5, 0.6) is 0 Å². The molecule has 0 atom stereocenters. The number of aromatic nitrogens is 2. The van der Waals surface area contributed by atoms with Gasteiger partial charge in [-0.2, -0.15) is 0 Å². The maximum atomic E-state index is 12.8. The van der Waals surface area contributed by atoms with Gasteiger partial charge in [0.15, 0.2) is 0 Å². The molecule has 6 nitrogen and oxygen atoms in total. The van der Waals surface area contributed by atoms with Crippen molar-refractivity contribution in [3.8, 4) is 0 Å². The largest absolute Gasteiger partial charge is 0.457 e. The highest BCUT2D eigenvalue weighted by molar-refractivity contribution is 7.20. The third-order valence-corrected chi connectivity index (χ3v) is 6.51. The van der Waals surface area contributed by atoms with E-state index in [0.717, 1.165) is 38.4 Å². The van der Waals surface area contributed by atoms with E-state index < -0.39 is 0 Å². The summed E-state index contributed by atoms with van der Waals surface area (Å²) in [5.74, 6) is 0.302. The van der Waals surface area contributed by atoms with Crippen LogP contribution in [0.4, 0.5) is 22.9 Å². The molecule has 0 saturated heterocycles. The Morgan fingerprint density at radius 1 is 0.824 bits per heavy atom. The number of fused-ring (bicyclic) bond motifs is 1. The monoisotopic (exact) mass is 466 g/mol. The Labute approximate surface area is 201 Å². The molecule has 0 amide bonds. The maximum absolute atomic E-state index is 12.8. The van der Waals surface area contributed by atoms with Crippen LogP contribution in [-0.2, 0) is 11.3 Å². The lowest BCUT2D eigenvalue weighted by molar-refractivity contribution is 0.0478. The Balaban J connectivity index is 1.34. The van der Waals surface area contributed by atoms with Gasteiger partial charge < -0.3 is 15.4 Å². The molecule has 0 aliphatic rings. The summed E-state index contributed by atoms with van der Waals surface area (Å²) in [5, 5.41) is 7.56. The van der Waals surface area contributed by atoms with Crippen LogP contribution in [0.25, 0.3) is 10.2 Å². The number of benzene rings is 3. The lowest BCUT2D eigenvalue weighted by atomic mass is 10.2. The molecule has 168 valence electrons. The van der Waals surface area contributed by atoms with Gasteiger partial charge in [-0.25, -0.2) is 14.8 Å². The Bertz CT molecular complexity index is 1420. The number of rotatable bonds is 7. The van der Waals surface area contributed by atoms with Crippen molar-refractivity contribution in [2.45, 2.75) is 13.5 Å². The van der Waals surface area contributed by atoms with Gasteiger partial charge in [0.05, 0.1) is 5.39 Å². The lowest BCUT2D eigenvalue weighted by Crippen LogP contribution is -2.04. The first-order valence-corrected chi connectivity index (χ1v) is 11.6. The standard InChI is InChI=1S/C27H22N4O2S/c1-18-23-25(31-22-14-12-21(13-15-22)30-20-10-6-3-7-11-20)28-17-29-26(23)34-24(18)27(32)33-16-19-8-4-2-5-9-19/h2-15,17,30H,16H2,1H3,(H,28,29,31). The van der Waals surface area contributed by atoms with Crippen molar-refractivity contribution in [1.82, 2.24) is 9.97 Å². The van der Waals surface area contributed by atoms with Gasteiger partial charge in [0, 0.05) is 17.1 Å². The Kier molecular flexibility index (Phi) is 6.18. The number of ether oxygens (including phenoxy) is 1. The van der Waals surface area contributed by atoms with Crippen LogP contribution in [0.3, 0.4) is 0 Å². The third kappa shape index (κ3) is 4.74. The van der Waals surface area contributed by atoms with Crippen molar-refractivity contribution in [2.24, 2.45) is 0 Å². The fourth-order valence-corrected chi connectivity index (χ4v) is 4.65. The summed E-state index contributed by atoms with van der Waals surface area (Å²) in [6.07, 6.45) is 1.50. The fraction of sp³-hybridized carbons (Fsp3) is 0.0741. The van der Waals surface area contributed by atoms with Crippen LogP contribution in [0, 0.1) is 6.92 Å². The van der Waals surface area contributed by atoms with Gasteiger partial charge in [-0.15, -0.1) is 11.3 Å². The number of esters is 1. The average molecular weight is 467 g/mol. The molecule has 0 aliphatic heterocycles. The summed E-state index contributed by atoms with van der Waals surface area (Å²) >= 11 is 1.32.